The molecule has 3 aromatic rings. The van der Waals surface area contributed by atoms with Gasteiger partial charge >= 0.3 is 0 Å². The van der Waals surface area contributed by atoms with E-state index in [1.165, 1.54) is 12.3 Å². The number of aryl methyl sites for hydroxylation is 1. The van der Waals surface area contributed by atoms with Gasteiger partial charge in [0.05, 0.1) is 12.6 Å². The monoisotopic (exact) mass is 555 g/mol. The summed E-state index contributed by atoms with van der Waals surface area (Å²) in [4.78, 5) is 47.8. The Kier molecular flexibility index (Phi) is 8.45. The number of ketones is 1. The normalized spacial score (nSPS) is 19.6. The fraction of sp³-hybridized carbons (Fsp3) is 0.444. The van der Waals surface area contributed by atoms with Crippen LogP contribution in [0.25, 0.3) is 11.1 Å². The van der Waals surface area contributed by atoms with E-state index < -0.39 is 52.3 Å². The zero-order valence-corrected chi connectivity index (χ0v) is 23.2. The molecule has 0 aliphatic carbocycles. The maximum atomic E-state index is 13.3. The number of rotatable bonds is 8. The second kappa shape index (κ2) is 11.6. The van der Waals surface area contributed by atoms with Crippen LogP contribution in [-0.2, 0) is 19.6 Å². The number of amides is 2. The van der Waals surface area contributed by atoms with Crippen molar-refractivity contribution in [3.05, 3.63) is 54.0 Å². The zero-order chi connectivity index (χ0) is 28.3. The van der Waals surface area contributed by atoms with Crippen molar-refractivity contribution in [2.45, 2.75) is 70.1 Å². The summed E-state index contributed by atoms with van der Waals surface area (Å²) in [5.41, 5.74) is 1.60. The summed E-state index contributed by atoms with van der Waals surface area (Å²) in [6, 6.07) is 5.68. The van der Waals surface area contributed by atoms with Gasteiger partial charge in [-0.2, -0.15) is 4.31 Å². The molecular weight excluding hydrogens is 522 g/mol. The molecule has 0 aromatic carbocycles. The van der Waals surface area contributed by atoms with Crippen LogP contribution >= 0.6 is 0 Å². The first-order valence-electron chi connectivity index (χ1n) is 12.9. The molecule has 1 fully saturated rings. The van der Waals surface area contributed by atoms with Gasteiger partial charge in [0.2, 0.25) is 5.91 Å². The van der Waals surface area contributed by atoms with E-state index in [0.29, 0.717) is 29.5 Å². The third-order valence-electron chi connectivity index (χ3n) is 6.81. The lowest BCUT2D eigenvalue weighted by Gasteiger charge is -2.25. The predicted octanol–water partition coefficient (Wildman–Crippen LogP) is 2.60. The van der Waals surface area contributed by atoms with Crippen molar-refractivity contribution in [1.29, 1.82) is 0 Å². The summed E-state index contributed by atoms with van der Waals surface area (Å²) in [6.45, 7) is 6.90. The molecule has 3 atom stereocenters. The van der Waals surface area contributed by atoms with E-state index >= 15 is 0 Å². The Balaban J connectivity index is 1.49. The number of sulfonamides is 1. The lowest BCUT2D eigenvalue weighted by Crippen LogP contribution is -2.52. The Hall–Kier alpha value is -3.64. The van der Waals surface area contributed by atoms with Gasteiger partial charge in [0.1, 0.15) is 11.6 Å². The molecule has 4 heterocycles. The first kappa shape index (κ1) is 28.4. The molecule has 1 aliphatic rings. The minimum absolute atomic E-state index is 0.0587. The Labute approximate surface area is 227 Å². The highest BCUT2D eigenvalue weighted by Crippen LogP contribution is 2.24. The molecule has 0 saturated carbocycles. The van der Waals surface area contributed by atoms with Crippen molar-refractivity contribution in [3.8, 4) is 0 Å². The molecule has 1 unspecified atom stereocenters. The van der Waals surface area contributed by atoms with Gasteiger partial charge < -0.3 is 15.1 Å². The third kappa shape index (κ3) is 6.17. The maximum Gasteiger partial charge on any atom is 0.288 e. The summed E-state index contributed by atoms with van der Waals surface area (Å²) < 4.78 is 33.2. The second-order valence-corrected chi connectivity index (χ2v) is 12.1. The first-order valence-corrected chi connectivity index (χ1v) is 14.3. The summed E-state index contributed by atoms with van der Waals surface area (Å²) in [6.07, 6.45) is 3.93. The standard InChI is InChI=1S/C27H33N5O6S/c1-16(2)14-20(31-27(35)25-18(4)24-22(38-25)8-7-13-29-24)26(34)30-19-11-10-17(3)32(15-21(19)33)39(36,37)23-9-5-6-12-28-23/h5-9,12-13,16-17,19-20H,10-11,14-15H2,1-4H3,(H,30,34)(H,31,35)/t17-,19+,20?/m1/s1. The topological polar surface area (TPSA) is 152 Å². The van der Waals surface area contributed by atoms with Crippen molar-refractivity contribution in [3.63, 3.8) is 0 Å². The number of nitrogens with zero attached hydrogens (tertiary/aromatic N) is 3. The third-order valence-corrected chi connectivity index (χ3v) is 8.68. The Morgan fingerprint density at radius 2 is 1.87 bits per heavy atom. The van der Waals surface area contributed by atoms with Crippen LogP contribution in [0.15, 0.2) is 52.2 Å². The number of aromatic nitrogens is 2. The number of furan rings is 1. The molecule has 1 saturated heterocycles. The Bertz CT molecular complexity index is 1470. The second-order valence-electron chi connectivity index (χ2n) is 10.2. The molecule has 12 heteroatoms. The van der Waals surface area contributed by atoms with E-state index in [9.17, 15) is 22.8 Å². The highest BCUT2D eigenvalue weighted by atomic mass is 32.2. The van der Waals surface area contributed by atoms with Crippen LogP contribution in [0.2, 0.25) is 0 Å². The summed E-state index contributed by atoms with van der Waals surface area (Å²) in [5, 5.41) is 5.38. The Morgan fingerprint density at radius 3 is 2.54 bits per heavy atom. The van der Waals surface area contributed by atoms with Crippen LogP contribution in [0.5, 0.6) is 0 Å². The fourth-order valence-electron chi connectivity index (χ4n) is 4.69. The average Bonchev–Trinajstić information content (AvgIpc) is 3.17. The van der Waals surface area contributed by atoms with E-state index in [2.05, 4.69) is 20.6 Å². The molecule has 39 heavy (non-hydrogen) atoms. The van der Waals surface area contributed by atoms with Crippen LogP contribution < -0.4 is 10.6 Å². The highest BCUT2D eigenvalue weighted by Gasteiger charge is 2.38. The molecule has 3 aromatic heterocycles. The van der Waals surface area contributed by atoms with E-state index in [-0.39, 0.29) is 23.1 Å². The lowest BCUT2D eigenvalue weighted by molar-refractivity contribution is -0.129. The molecule has 0 bridgehead atoms. The molecule has 1 aliphatic heterocycles. The van der Waals surface area contributed by atoms with Gasteiger partial charge in [-0.05, 0) is 63.3 Å². The van der Waals surface area contributed by atoms with E-state index in [1.807, 2.05) is 13.8 Å². The van der Waals surface area contributed by atoms with Crippen molar-refractivity contribution in [1.82, 2.24) is 24.9 Å². The molecule has 11 nitrogen and oxygen atoms in total. The van der Waals surface area contributed by atoms with Gasteiger partial charge in [-0.1, -0.05) is 19.9 Å². The van der Waals surface area contributed by atoms with Crippen LogP contribution in [0, 0.1) is 12.8 Å². The van der Waals surface area contributed by atoms with Crippen LogP contribution in [0.4, 0.5) is 0 Å². The summed E-state index contributed by atoms with van der Waals surface area (Å²) in [5.74, 6) is -1.37. The van der Waals surface area contributed by atoms with Crippen molar-refractivity contribution in [2.75, 3.05) is 6.54 Å². The zero-order valence-electron chi connectivity index (χ0n) is 22.4. The van der Waals surface area contributed by atoms with Crippen LogP contribution in [0.1, 0.15) is 56.2 Å². The SMILES string of the molecule is Cc1c(C(=O)NC(CC(C)C)C(=O)N[C@H]2CC[C@@H](C)N(S(=O)(=O)c3ccccn3)CC2=O)oc2cccnc12. The predicted molar refractivity (Wildman–Crippen MR) is 143 cm³/mol. The van der Waals surface area contributed by atoms with Gasteiger partial charge in [0.15, 0.2) is 22.2 Å². The van der Waals surface area contributed by atoms with E-state index in [1.54, 1.807) is 44.3 Å². The van der Waals surface area contributed by atoms with Crippen LogP contribution in [-0.4, -0.2) is 65.0 Å². The van der Waals surface area contributed by atoms with Crippen molar-refractivity contribution in [2.24, 2.45) is 5.92 Å². The summed E-state index contributed by atoms with van der Waals surface area (Å²) in [7, 11) is -4.00. The fourth-order valence-corrected chi connectivity index (χ4v) is 6.25. The van der Waals surface area contributed by atoms with Crippen LogP contribution in [0.3, 0.4) is 0 Å². The number of hydrogen-bond donors (Lipinski definition) is 2. The number of Topliss-reactive ketones (excluding diaryl/α,β-unsaturated/α-hetero) is 1. The molecular formula is C27H33N5O6S. The van der Waals surface area contributed by atoms with E-state index in [0.717, 1.165) is 4.31 Å². The highest BCUT2D eigenvalue weighted by molar-refractivity contribution is 7.89. The van der Waals surface area contributed by atoms with Gasteiger partial charge in [-0.25, -0.2) is 13.4 Å². The molecule has 208 valence electrons. The minimum atomic E-state index is -4.00. The summed E-state index contributed by atoms with van der Waals surface area (Å²) >= 11 is 0. The molecule has 0 spiro atoms. The molecule has 4 rings (SSSR count). The lowest BCUT2D eigenvalue weighted by atomic mass is 10.0. The maximum absolute atomic E-state index is 13.3. The minimum Gasteiger partial charge on any atom is -0.449 e. The van der Waals surface area contributed by atoms with Gasteiger partial charge in [-0.15, -0.1) is 0 Å². The number of nitrogens with one attached hydrogen (secondary N) is 2. The van der Waals surface area contributed by atoms with Crippen molar-refractivity contribution < 1.29 is 27.2 Å². The molecule has 0 radical (unpaired) electrons. The van der Waals surface area contributed by atoms with Gasteiger partial charge in [-0.3, -0.25) is 19.4 Å². The number of carbonyl (C=O) groups excluding carboxylic acids is 3. The van der Waals surface area contributed by atoms with Gasteiger partial charge in [0, 0.05) is 24.0 Å². The smallest absolute Gasteiger partial charge is 0.288 e. The number of hydrogen-bond acceptors (Lipinski definition) is 8. The largest absolute Gasteiger partial charge is 0.449 e. The Morgan fingerprint density at radius 1 is 1.13 bits per heavy atom. The molecule has 2 amide bonds. The number of pyridine rings is 2. The average molecular weight is 556 g/mol. The van der Waals surface area contributed by atoms with Gasteiger partial charge in [0.25, 0.3) is 15.9 Å². The van der Waals surface area contributed by atoms with Crippen molar-refractivity contribution >= 4 is 38.7 Å². The molecule has 2 N–H and O–H groups in total. The quantitative estimate of drug-likeness (QED) is 0.430. The van der Waals surface area contributed by atoms with E-state index in [4.69, 9.17) is 4.42 Å². The number of fused-ring (bicyclic) bond motifs is 1. The number of carbonyl (C=O) groups is 3. The first-order chi connectivity index (χ1) is 18.5.